The van der Waals surface area contributed by atoms with Gasteiger partial charge in [-0.15, -0.1) is 0 Å². The first-order chi connectivity index (χ1) is 8.29. The summed E-state index contributed by atoms with van der Waals surface area (Å²) in [7, 11) is 0. The number of amides is 1. The highest BCUT2D eigenvalue weighted by molar-refractivity contribution is 5.91. The number of hydrogen-bond acceptors (Lipinski definition) is 3. The lowest BCUT2D eigenvalue weighted by molar-refractivity contribution is 0.0914. The van der Waals surface area contributed by atoms with Crippen molar-refractivity contribution in [2.45, 2.75) is 19.9 Å². The molecule has 2 aromatic rings. The topological polar surface area (TPSA) is 55.1 Å². The zero-order valence-electron chi connectivity index (χ0n) is 9.64. The SMILES string of the molecule is CCc1cccc(CNC(=O)c2ccno2)c1. The third kappa shape index (κ3) is 2.93. The Labute approximate surface area is 99.6 Å². The molecular formula is C13H14N2O2. The van der Waals surface area contributed by atoms with Gasteiger partial charge in [0.25, 0.3) is 5.91 Å². The standard InChI is InChI=1S/C13H14N2O2/c1-2-10-4-3-5-11(8-10)9-14-13(16)12-6-7-15-17-12/h3-8H,2,9H2,1H3,(H,14,16). The van der Waals surface area contributed by atoms with Crippen LogP contribution in [0.2, 0.25) is 0 Å². The van der Waals surface area contributed by atoms with E-state index in [9.17, 15) is 4.79 Å². The lowest BCUT2D eigenvalue weighted by Crippen LogP contribution is -2.22. The molecule has 0 unspecified atom stereocenters. The van der Waals surface area contributed by atoms with Crippen molar-refractivity contribution >= 4 is 5.91 Å². The third-order valence-corrected chi connectivity index (χ3v) is 2.51. The molecule has 0 spiro atoms. The molecule has 0 fully saturated rings. The van der Waals surface area contributed by atoms with Gasteiger partial charge < -0.3 is 9.84 Å². The Bertz CT molecular complexity index is 492. The number of nitrogens with one attached hydrogen (secondary N) is 1. The predicted octanol–water partition coefficient (Wildman–Crippen LogP) is 2.17. The van der Waals surface area contributed by atoms with Gasteiger partial charge >= 0.3 is 0 Å². The molecule has 1 heterocycles. The van der Waals surface area contributed by atoms with Gasteiger partial charge in [0.2, 0.25) is 5.76 Å². The van der Waals surface area contributed by atoms with E-state index in [0.29, 0.717) is 6.54 Å². The van der Waals surface area contributed by atoms with Crippen molar-refractivity contribution in [3.05, 3.63) is 53.4 Å². The maximum atomic E-state index is 11.6. The summed E-state index contributed by atoms with van der Waals surface area (Å²) in [6, 6.07) is 9.68. The van der Waals surface area contributed by atoms with Crippen molar-refractivity contribution in [2.24, 2.45) is 0 Å². The Hall–Kier alpha value is -2.10. The lowest BCUT2D eigenvalue weighted by Gasteiger charge is -2.04. The maximum Gasteiger partial charge on any atom is 0.290 e. The van der Waals surface area contributed by atoms with Crippen LogP contribution in [0.3, 0.4) is 0 Å². The molecule has 17 heavy (non-hydrogen) atoms. The van der Waals surface area contributed by atoms with Crippen molar-refractivity contribution in [2.75, 3.05) is 0 Å². The fraction of sp³-hybridized carbons (Fsp3) is 0.231. The van der Waals surface area contributed by atoms with E-state index in [-0.39, 0.29) is 11.7 Å². The normalized spacial score (nSPS) is 10.2. The highest BCUT2D eigenvalue weighted by Gasteiger charge is 2.08. The Balaban J connectivity index is 1.95. The van der Waals surface area contributed by atoms with Gasteiger partial charge in [0.15, 0.2) is 0 Å². The Morgan fingerprint density at radius 1 is 1.35 bits per heavy atom. The highest BCUT2D eigenvalue weighted by Crippen LogP contribution is 2.06. The minimum Gasteiger partial charge on any atom is -0.351 e. The van der Waals surface area contributed by atoms with Gasteiger partial charge in [-0.3, -0.25) is 4.79 Å². The van der Waals surface area contributed by atoms with Gasteiger partial charge in [-0.25, -0.2) is 0 Å². The first-order valence-corrected chi connectivity index (χ1v) is 5.56. The van der Waals surface area contributed by atoms with Crippen LogP contribution in [-0.2, 0) is 13.0 Å². The summed E-state index contributed by atoms with van der Waals surface area (Å²) in [5.41, 5.74) is 2.34. The second-order valence-corrected chi connectivity index (χ2v) is 3.73. The molecule has 4 heteroatoms. The molecule has 0 saturated carbocycles. The van der Waals surface area contributed by atoms with Crippen molar-refractivity contribution < 1.29 is 9.32 Å². The van der Waals surface area contributed by atoms with Crippen LogP contribution in [0.15, 0.2) is 41.1 Å². The van der Waals surface area contributed by atoms with Crippen LogP contribution in [0.5, 0.6) is 0 Å². The fourth-order valence-corrected chi connectivity index (χ4v) is 1.56. The quantitative estimate of drug-likeness (QED) is 0.875. The molecule has 2 rings (SSSR count). The molecular weight excluding hydrogens is 216 g/mol. The van der Waals surface area contributed by atoms with Crippen LogP contribution in [0, 0.1) is 0 Å². The van der Waals surface area contributed by atoms with Gasteiger partial charge in [-0.1, -0.05) is 36.3 Å². The summed E-state index contributed by atoms with van der Waals surface area (Å²) in [6.07, 6.45) is 2.44. The minimum atomic E-state index is -0.246. The maximum absolute atomic E-state index is 11.6. The van der Waals surface area contributed by atoms with E-state index in [1.54, 1.807) is 0 Å². The third-order valence-electron chi connectivity index (χ3n) is 2.51. The first-order valence-electron chi connectivity index (χ1n) is 5.56. The summed E-state index contributed by atoms with van der Waals surface area (Å²) in [5, 5.41) is 6.27. The molecule has 1 N–H and O–H groups in total. The molecule has 0 aliphatic carbocycles. The van der Waals surface area contributed by atoms with Crippen LogP contribution in [-0.4, -0.2) is 11.1 Å². The summed E-state index contributed by atoms with van der Waals surface area (Å²) in [4.78, 5) is 11.6. The molecule has 1 amide bonds. The smallest absolute Gasteiger partial charge is 0.290 e. The second kappa shape index (κ2) is 5.30. The number of carbonyl (C=O) groups excluding carboxylic acids is 1. The Kier molecular flexibility index (Phi) is 3.55. The number of nitrogens with zero attached hydrogens (tertiary/aromatic N) is 1. The van der Waals surface area contributed by atoms with Crippen LogP contribution >= 0.6 is 0 Å². The van der Waals surface area contributed by atoms with Gasteiger partial charge in [0, 0.05) is 12.6 Å². The van der Waals surface area contributed by atoms with Crippen molar-refractivity contribution in [1.82, 2.24) is 10.5 Å². The fourth-order valence-electron chi connectivity index (χ4n) is 1.56. The summed E-state index contributed by atoms with van der Waals surface area (Å²) in [6.45, 7) is 2.60. The Morgan fingerprint density at radius 2 is 2.18 bits per heavy atom. The number of hydrogen-bond donors (Lipinski definition) is 1. The van der Waals surface area contributed by atoms with E-state index in [0.717, 1.165) is 12.0 Å². The second-order valence-electron chi connectivity index (χ2n) is 3.73. The number of aromatic nitrogens is 1. The average molecular weight is 230 g/mol. The van der Waals surface area contributed by atoms with E-state index in [1.165, 1.54) is 17.8 Å². The molecule has 0 atom stereocenters. The molecule has 4 nitrogen and oxygen atoms in total. The van der Waals surface area contributed by atoms with Crippen molar-refractivity contribution in [3.8, 4) is 0 Å². The molecule has 0 aliphatic rings. The van der Waals surface area contributed by atoms with Gasteiger partial charge in [0.1, 0.15) is 0 Å². The number of aryl methyl sites for hydroxylation is 1. The Morgan fingerprint density at radius 3 is 2.88 bits per heavy atom. The van der Waals surface area contributed by atoms with Crippen LogP contribution in [0.1, 0.15) is 28.6 Å². The molecule has 1 aromatic heterocycles. The largest absolute Gasteiger partial charge is 0.351 e. The highest BCUT2D eigenvalue weighted by atomic mass is 16.5. The molecule has 0 saturated heterocycles. The molecule has 0 aliphatic heterocycles. The lowest BCUT2D eigenvalue weighted by atomic mass is 10.1. The zero-order valence-corrected chi connectivity index (χ0v) is 9.64. The minimum absolute atomic E-state index is 0.233. The van der Waals surface area contributed by atoms with E-state index >= 15 is 0 Å². The van der Waals surface area contributed by atoms with Crippen LogP contribution in [0.4, 0.5) is 0 Å². The number of carbonyl (C=O) groups is 1. The molecule has 0 bridgehead atoms. The van der Waals surface area contributed by atoms with E-state index in [1.807, 2.05) is 12.1 Å². The first kappa shape index (κ1) is 11.4. The van der Waals surface area contributed by atoms with Crippen LogP contribution in [0.25, 0.3) is 0 Å². The predicted molar refractivity (Wildman–Crippen MR) is 63.5 cm³/mol. The zero-order chi connectivity index (χ0) is 12.1. The van der Waals surface area contributed by atoms with E-state index in [4.69, 9.17) is 4.52 Å². The van der Waals surface area contributed by atoms with Crippen molar-refractivity contribution in [3.63, 3.8) is 0 Å². The average Bonchev–Trinajstić information content (AvgIpc) is 2.90. The number of rotatable bonds is 4. The monoisotopic (exact) mass is 230 g/mol. The summed E-state index contributed by atoms with van der Waals surface area (Å²) < 4.78 is 4.77. The van der Waals surface area contributed by atoms with E-state index < -0.39 is 0 Å². The van der Waals surface area contributed by atoms with E-state index in [2.05, 4.69) is 29.5 Å². The van der Waals surface area contributed by atoms with Gasteiger partial charge in [-0.05, 0) is 17.5 Å². The molecule has 1 aromatic carbocycles. The van der Waals surface area contributed by atoms with Gasteiger partial charge in [0.05, 0.1) is 6.20 Å². The summed E-state index contributed by atoms with van der Waals surface area (Å²) in [5.74, 6) is -0.0129. The van der Waals surface area contributed by atoms with Crippen molar-refractivity contribution in [1.29, 1.82) is 0 Å². The van der Waals surface area contributed by atoms with Gasteiger partial charge in [-0.2, -0.15) is 0 Å². The van der Waals surface area contributed by atoms with Crippen LogP contribution < -0.4 is 5.32 Å². The number of benzene rings is 1. The molecule has 88 valence electrons. The molecule has 0 radical (unpaired) electrons. The summed E-state index contributed by atoms with van der Waals surface area (Å²) >= 11 is 0.